The minimum atomic E-state index is -0.456. The van der Waals surface area contributed by atoms with Crippen LogP contribution in [0, 0.1) is 25.6 Å². The number of esters is 1. The number of aromatic nitrogens is 1. The first-order valence-electron chi connectivity index (χ1n) is 8.72. The van der Waals surface area contributed by atoms with Gasteiger partial charge in [0, 0.05) is 18.8 Å². The maximum Gasteiger partial charge on any atom is 0.339 e. The Bertz CT molecular complexity index is 822. The third-order valence-corrected chi connectivity index (χ3v) is 4.79. The fraction of sp³-hybridized carbons (Fsp3) is 0.400. The highest BCUT2D eigenvalue weighted by Crippen LogP contribution is 2.31. The molecule has 1 N–H and O–H groups in total. The lowest BCUT2D eigenvalue weighted by Crippen LogP contribution is -2.33. The van der Waals surface area contributed by atoms with Crippen LogP contribution in [0.3, 0.4) is 0 Å². The molecule has 6 heteroatoms. The second-order valence-electron chi connectivity index (χ2n) is 6.87. The second-order valence-corrected chi connectivity index (χ2v) is 6.87. The molecule has 0 atom stereocenters. The van der Waals surface area contributed by atoms with Gasteiger partial charge in [-0.05, 0) is 55.9 Å². The Kier molecular flexibility index (Phi) is 5.11. The van der Waals surface area contributed by atoms with Crippen molar-refractivity contribution in [3.05, 3.63) is 58.2 Å². The van der Waals surface area contributed by atoms with Gasteiger partial charge in [-0.3, -0.25) is 4.79 Å². The van der Waals surface area contributed by atoms with Crippen molar-refractivity contribution >= 4 is 11.9 Å². The average Bonchev–Trinajstić information content (AvgIpc) is 3.39. The van der Waals surface area contributed by atoms with Crippen LogP contribution in [-0.2, 0) is 11.3 Å². The molecule has 1 heterocycles. The number of carbonyl (C=O) groups excluding carboxylic acids is 2. The van der Waals surface area contributed by atoms with Gasteiger partial charge in [-0.1, -0.05) is 12.1 Å². The molecule has 1 aromatic carbocycles. The van der Waals surface area contributed by atoms with Crippen LogP contribution in [0.2, 0.25) is 0 Å². The Hall–Kier alpha value is -2.63. The van der Waals surface area contributed by atoms with E-state index in [1.54, 1.807) is 30.9 Å². The molecule has 26 heavy (non-hydrogen) atoms. The average molecular weight is 358 g/mol. The van der Waals surface area contributed by atoms with Gasteiger partial charge >= 0.3 is 5.97 Å². The number of amides is 1. The Labute approximate surface area is 152 Å². The van der Waals surface area contributed by atoms with Crippen molar-refractivity contribution in [2.75, 3.05) is 13.7 Å². The number of hydrogen-bond acceptors (Lipinski definition) is 3. The van der Waals surface area contributed by atoms with Crippen molar-refractivity contribution in [2.45, 2.75) is 33.2 Å². The van der Waals surface area contributed by atoms with Crippen molar-refractivity contribution in [1.29, 1.82) is 0 Å². The Balaban J connectivity index is 1.87. The second kappa shape index (κ2) is 7.32. The van der Waals surface area contributed by atoms with E-state index in [0.29, 0.717) is 41.5 Å². The lowest BCUT2D eigenvalue weighted by Gasteiger charge is -2.23. The zero-order chi connectivity index (χ0) is 18.8. The van der Waals surface area contributed by atoms with Gasteiger partial charge in [-0.2, -0.15) is 0 Å². The summed E-state index contributed by atoms with van der Waals surface area (Å²) in [5, 5.41) is 0. The van der Waals surface area contributed by atoms with Gasteiger partial charge in [0.15, 0.2) is 0 Å². The van der Waals surface area contributed by atoms with E-state index in [0.717, 1.165) is 18.4 Å². The van der Waals surface area contributed by atoms with Crippen LogP contribution >= 0.6 is 0 Å². The largest absolute Gasteiger partial charge is 0.465 e. The van der Waals surface area contributed by atoms with Gasteiger partial charge in [0.1, 0.15) is 11.5 Å². The lowest BCUT2D eigenvalue weighted by molar-refractivity contribution is 0.0599. The summed E-state index contributed by atoms with van der Waals surface area (Å²) in [7, 11) is 1.32. The number of H-pyrrole nitrogens is 1. The summed E-state index contributed by atoms with van der Waals surface area (Å²) in [6.45, 7) is 4.55. The third-order valence-electron chi connectivity index (χ3n) is 4.79. The van der Waals surface area contributed by atoms with E-state index < -0.39 is 5.97 Å². The van der Waals surface area contributed by atoms with Gasteiger partial charge in [-0.15, -0.1) is 0 Å². The molecule has 0 aliphatic heterocycles. The SMILES string of the molecule is COC(=O)c1c(C)[nH]c(C(=O)N(Cc2ccc(F)cc2)CC2CC2)c1C. The van der Waals surface area contributed by atoms with Gasteiger partial charge < -0.3 is 14.6 Å². The Morgan fingerprint density at radius 1 is 1.23 bits per heavy atom. The summed E-state index contributed by atoms with van der Waals surface area (Å²) in [6, 6.07) is 6.17. The quantitative estimate of drug-likeness (QED) is 0.803. The van der Waals surface area contributed by atoms with E-state index in [-0.39, 0.29) is 11.7 Å². The van der Waals surface area contributed by atoms with E-state index in [4.69, 9.17) is 4.74 Å². The standard InChI is InChI=1S/C20H23FN2O3/c1-12-17(20(25)26-3)13(2)22-18(12)19(24)23(10-14-4-5-14)11-15-6-8-16(21)9-7-15/h6-9,14,22H,4-5,10-11H2,1-3H3. The topological polar surface area (TPSA) is 62.4 Å². The highest BCUT2D eigenvalue weighted by molar-refractivity contribution is 6.00. The number of aryl methyl sites for hydroxylation is 1. The fourth-order valence-corrected chi connectivity index (χ4v) is 3.17. The van der Waals surface area contributed by atoms with E-state index in [2.05, 4.69) is 4.98 Å². The molecular formula is C20H23FN2O3. The van der Waals surface area contributed by atoms with Crippen LogP contribution in [0.1, 0.15) is 50.5 Å². The first kappa shape index (κ1) is 18.2. The lowest BCUT2D eigenvalue weighted by atomic mass is 10.1. The van der Waals surface area contributed by atoms with Crippen LogP contribution in [-0.4, -0.2) is 35.4 Å². The maximum atomic E-state index is 13.1. The molecule has 1 saturated carbocycles. The summed E-state index contributed by atoms with van der Waals surface area (Å²) in [5.74, 6) is -0.400. The molecule has 0 bridgehead atoms. The van der Waals surface area contributed by atoms with E-state index in [1.165, 1.54) is 19.2 Å². The molecule has 0 radical (unpaired) electrons. The predicted molar refractivity (Wildman–Crippen MR) is 95.5 cm³/mol. The van der Waals surface area contributed by atoms with Gasteiger partial charge in [0.05, 0.1) is 12.7 Å². The summed E-state index contributed by atoms with van der Waals surface area (Å²) in [5.41, 5.74) is 2.90. The van der Waals surface area contributed by atoms with E-state index in [9.17, 15) is 14.0 Å². The minimum Gasteiger partial charge on any atom is -0.465 e. The zero-order valence-electron chi connectivity index (χ0n) is 15.3. The molecule has 1 aliphatic carbocycles. The van der Waals surface area contributed by atoms with Crippen molar-refractivity contribution in [3.63, 3.8) is 0 Å². The number of carbonyl (C=O) groups is 2. The molecule has 138 valence electrons. The number of nitrogens with zero attached hydrogens (tertiary/aromatic N) is 1. The molecule has 5 nitrogen and oxygen atoms in total. The molecule has 1 aromatic heterocycles. The summed E-state index contributed by atoms with van der Waals surface area (Å²) >= 11 is 0. The van der Waals surface area contributed by atoms with Crippen LogP contribution < -0.4 is 0 Å². The first-order valence-corrected chi connectivity index (χ1v) is 8.72. The van der Waals surface area contributed by atoms with Gasteiger partial charge in [-0.25, -0.2) is 9.18 Å². The highest BCUT2D eigenvalue weighted by Gasteiger charge is 2.30. The van der Waals surface area contributed by atoms with Crippen molar-refractivity contribution in [1.82, 2.24) is 9.88 Å². The van der Waals surface area contributed by atoms with Gasteiger partial charge in [0.2, 0.25) is 0 Å². The molecule has 0 unspecified atom stereocenters. The summed E-state index contributed by atoms with van der Waals surface area (Å²) in [6.07, 6.45) is 2.23. The molecular weight excluding hydrogens is 335 g/mol. The Morgan fingerprint density at radius 3 is 2.46 bits per heavy atom. The molecule has 1 amide bonds. The first-order chi connectivity index (χ1) is 12.4. The molecule has 0 spiro atoms. The zero-order valence-corrected chi connectivity index (χ0v) is 15.3. The van der Waals surface area contributed by atoms with E-state index >= 15 is 0 Å². The molecule has 1 fully saturated rings. The highest BCUT2D eigenvalue weighted by atomic mass is 19.1. The monoisotopic (exact) mass is 358 g/mol. The summed E-state index contributed by atoms with van der Waals surface area (Å²) < 4.78 is 18.0. The molecule has 1 aliphatic rings. The van der Waals surface area contributed by atoms with Crippen molar-refractivity contribution in [3.8, 4) is 0 Å². The summed E-state index contributed by atoms with van der Waals surface area (Å²) in [4.78, 5) is 29.9. The fourth-order valence-electron chi connectivity index (χ4n) is 3.17. The number of rotatable bonds is 6. The normalized spacial score (nSPS) is 13.5. The number of ether oxygens (including phenoxy) is 1. The number of aromatic amines is 1. The number of nitrogens with one attached hydrogen (secondary N) is 1. The van der Waals surface area contributed by atoms with E-state index in [1.807, 2.05) is 0 Å². The number of benzene rings is 1. The third kappa shape index (κ3) is 3.79. The van der Waals surface area contributed by atoms with Crippen molar-refractivity contribution in [2.24, 2.45) is 5.92 Å². The molecule has 2 aromatic rings. The molecule has 0 saturated heterocycles. The Morgan fingerprint density at radius 2 is 1.88 bits per heavy atom. The van der Waals surface area contributed by atoms with Crippen LogP contribution in [0.5, 0.6) is 0 Å². The smallest absolute Gasteiger partial charge is 0.339 e. The number of hydrogen-bond donors (Lipinski definition) is 1. The number of methoxy groups -OCH3 is 1. The molecule has 3 rings (SSSR count). The van der Waals surface area contributed by atoms with Crippen LogP contribution in [0.25, 0.3) is 0 Å². The van der Waals surface area contributed by atoms with Crippen LogP contribution in [0.15, 0.2) is 24.3 Å². The predicted octanol–water partition coefficient (Wildman–Crippen LogP) is 3.61. The maximum absolute atomic E-state index is 13.1. The van der Waals surface area contributed by atoms with Crippen LogP contribution in [0.4, 0.5) is 4.39 Å². The minimum absolute atomic E-state index is 0.156. The van der Waals surface area contributed by atoms with Crippen molar-refractivity contribution < 1.29 is 18.7 Å². The van der Waals surface area contributed by atoms with Gasteiger partial charge in [0.25, 0.3) is 5.91 Å². The number of halogens is 1.